The van der Waals surface area contributed by atoms with Gasteiger partial charge in [-0.3, -0.25) is 4.79 Å². The average Bonchev–Trinajstić information content (AvgIpc) is 2.63. The fourth-order valence-electron chi connectivity index (χ4n) is 2.10. The van der Waals surface area contributed by atoms with Crippen LogP contribution < -0.4 is 10.6 Å². The standard InChI is InChI=1S/C18H24N4O3S/c1-5-13(2)20-17-11-8-15(12-19-17)21-18(23)14-6-9-16(10-7-14)26(24,25)22(3)4/h6-13H,5H2,1-4H3,(H,19,20)(H,21,23). The van der Waals surface area contributed by atoms with E-state index in [0.717, 1.165) is 16.5 Å². The second kappa shape index (κ2) is 8.29. The molecule has 8 heteroatoms. The third kappa shape index (κ3) is 4.80. The Labute approximate surface area is 154 Å². The molecule has 1 atom stereocenters. The van der Waals surface area contributed by atoms with Crippen molar-refractivity contribution in [3.05, 3.63) is 48.2 Å². The van der Waals surface area contributed by atoms with Crippen LogP contribution in [0.4, 0.5) is 11.5 Å². The molecule has 0 saturated carbocycles. The normalized spacial score (nSPS) is 12.7. The van der Waals surface area contributed by atoms with Crippen LogP contribution in [0.15, 0.2) is 47.5 Å². The van der Waals surface area contributed by atoms with Crippen LogP contribution in [-0.4, -0.2) is 43.8 Å². The van der Waals surface area contributed by atoms with Crippen molar-refractivity contribution in [2.45, 2.75) is 31.2 Å². The highest BCUT2D eigenvalue weighted by Gasteiger charge is 2.17. The van der Waals surface area contributed by atoms with Gasteiger partial charge in [-0.2, -0.15) is 0 Å². The highest BCUT2D eigenvalue weighted by atomic mass is 32.2. The van der Waals surface area contributed by atoms with Crippen molar-refractivity contribution in [2.24, 2.45) is 0 Å². The summed E-state index contributed by atoms with van der Waals surface area (Å²) >= 11 is 0. The van der Waals surface area contributed by atoms with Gasteiger partial charge in [-0.1, -0.05) is 6.92 Å². The molecule has 0 radical (unpaired) electrons. The fourth-order valence-corrected chi connectivity index (χ4v) is 3.00. The van der Waals surface area contributed by atoms with E-state index in [9.17, 15) is 13.2 Å². The lowest BCUT2D eigenvalue weighted by Crippen LogP contribution is -2.22. The van der Waals surface area contributed by atoms with E-state index in [1.165, 1.54) is 38.4 Å². The van der Waals surface area contributed by atoms with E-state index in [0.29, 0.717) is 17.3 Å². The molecule has 1 aromatic carbocycles. The average molecular weight is 376 g/mol. The van der Waals surface area contributed by atoms with Crippen LogP contribution in [0.25, 0.3) is 0 Å². The second-order valence-corrected chi connectivity index (χ2v) is 8.30. The van der Waals surface area contributed by atoms with Gasteiger partial charge in [0.2, 0.25) is 10.0 Å². The van der Waals surface area contributed by atoms with Gasteiger partial charge in [-0.05, 0) is 49.7 Å². The van der Waals surface area contributed by atoms with E-state index in [2.05, 4.69) is 29.5 Å². The molecule has 0 saturated heterocycles. The Morgan fingerprint density at radius 3 is 2.31 bits per heavy atom. The number of pyridine rings is 1. The van der Waals surface area contributed by atoms with Crippen LogP contribution in [0.2, 0.25) is 0 Å². The summed E-state index contributed by atoms with van der Waals surface area (Å²) in [7, 11) is -0.589. The number of hydrogen-bond donors (Lipinski definition) is 2. The van der Waals surface area contributed by atoms with Gasteiger partial charge >= 0.3 is 0 Å². The molecule has 2 rings (SSSR count). The maximum Gasteiger partial charge on any atom is 0.255 e. The van der Waals surface area contributed by atoms with Gasteiger partial charge in [0.05, 0.1) is 16.8 Å². The Bertz CT molecular complexity index is 847. The highest BCUT2D eigenvalue weighted by Crippen LogP contribution is 2.16. The molecule has 0 aliphatic carbocycles. The number of aromatic nitrogens is 1. The summed E-state index contributed by atoms with van der Waals surface area (Å²) in [6.07, 6.45) is 2.56. The van der Waals surface area contributed by atoms with Crippen molar-refractivity contribution >= 4 is 27.4 Å². The maximum absolute atomic E-state index is 12.3. The number of amides is 1. The Morgan fingerprint density at radius 2 is 1.81 bits per heavy atom. The Morgan fingerprint density at radius 1 is 1.15 bits per heavy atom. The van der Waals surface area contributed by atoms with Crippen molar-refractivity contribution in [3.63, 3.8) is 0 Å². The molecule has 2 N–H and O–H groups in total. The molecule has 0 bridgehead atoms. The lowest BCUT2D eigenvalue weighted by atomic mass is 10.2. The zero-order chi connectivity index (χ0) is 19.3. The fraction of sp³-hybridized carbons (Fsp3) is 0.333. The molecule has 1 amide bonds. The number of hydrogen-bond acceptors (Lipinski definition) is 5. The van der Waals surface area contributed by atoms with Crippen molar-refractivity contribution in [2.75, 3.05) is 24.7 Å². The quantitative estimate of drug-likeness (QED) is 0.775. The first-order chi connectivity index (χ1) is 12.2. The van der Waals surface area contributed by atoms with Crippen LogP contribution >= 0.6 is 0 Å². The molecule has 0 fully saturated rings. The number of carbonyl (C=O) groups is 1. The molecule has 1 aromatic heterocycles. The molecule has 7 nitrogen and oxygen atoms in total. The smallest absolute Gasteiger partial charge is 0.255 e. The van der Waals surface area contributed by atoms with Gasteiger partial charge in [-0.25, -0.2) is 17.7 Å². The molecule has 140 valence electrons. The number of nitrogens with one attached hydrogen (secondary N) is 2. The van der Waals surface area contributed by atoms with E-state index < -0.39 is 10.0 Å². The zero-order valence-electron chi connectivity index (χ0n) is 15.4. The van der Waals surface area contributed by atoms with E-state index in [4.69, 9.17) is 0 Å². The zero-order valence-corrected chi connectivity index (χ0v) is 16.2. The number of nitrogens with zero attached hydrogens (tertiary/aromatic N) is 2. The Hall–Kier alpha value is -2.45. The molecule has 1 unspecified atom stereocenters. The number of anilines is 2. The van der Waals surface area contributed by atoms with E-state index in [-0.39, 0.29) is 10.8 Å². The van der Waals surface area contributed by atoms with Gasteiger partial charge in [-0.15, -0.1) is 0 Å². The van der Waals surface area contributed by atoms with Crippen LogP contribution in [0.3, 0.4) is 0 Å². The van der Waals surface area contributed by atoms with E-state index >= 15 is 0 Å². The SMILES string of the molecule is CCC(C)Nc1ccc(NC(=O)c2ccc(S(=O)(=O)N(C)C)cc2)cn1. The first-order valence-electron chi connectivity index (χ1n) is 8.30. The summed E-state index contributed by atoms with van der Waals surface area (Å²) in [6, 6.07) is 9.69. The third-order valence-corrected chi connectivity index (χ3v) is 5.75. The minimum atomic E-state index is -3.51. The minimum absolute atomic E-state index is 0.140. The summed E-state index contributed by atoms with van der Waals surface area (Å²) in [6.45, 7) is 4.15. The van der Waals surface area contributed by atoms with Gasteiger partial charge < -0.3 is 10.6 Å². The third-order valence-electron chi connectivity index (χ3n) is 3.92. The molecule has 1 heterocycles. The topological polar surface area (TPSA) is 91.4 Å². The molecule has 0 spiro atoms. The van der Waals surface area contributed by atoms with Gasteiger partial charge in [0, 0.05) is 25.7 Å². The first kappa shape index (κ1) is 19.9. The number of benzene rings is 1. The van der Waals surface area contributed by atoms with E-state index in [1.54, 1.807) is 18.3 Å². The number of sulfonamides is 1. The first-order valence-corrected chi connectivity index (χ1v) is 9.74. The van der Waals surface area contributed by atoms with Crippen molar-refractivity contribution in [1.29, 1.82) is 0 Å². The molecule has 0 aliphatic rings. The van der Waals surface area contributed by atoms with Crippen molar-refractivity contribution in [3.8, 4) is 0 Å². The number of carbonyl (C=O) groups excluding carboxylic acids is 1. The lowest BCUT2D eigenvalue weighted by molar-refractivity contribution is 0.102. The van der Waals surface area contributed by atoms with Gasteiger partial charge in [0.15, 0.2) is 0 Å². The van der Waals surface area contributed by atoms with Crippen LogP contribution in [0.5, 0.6) is 0 Å². The lowest BCUT2D eigenvalue weighted by Gasteiger charge is -2.13. The summed E-state index contributed by atoms with van der Waals surface area (Å²) in [5, 5.41) is 5.99. The summed E-state index contributed by atoms with van der Waals surface area (Å²) in [5.74, 6) is 0.416. The summed E-state index contributed by atoms with van der Waals surface area (Å²) < 4.78 is 25.2. The van der Waals surface area contributed by atoms with Crippen LogP contribution in [-0.2, 0) is 10.0 Å². The molecule has 0 aliphatic heterocycles. The molecule has 2 aromatic rings. The molecule has 26 heavy (non-hydrogen) atoms. The van der Waals surface area contributed by atoms with Crippen LogP contribution in [0, 0.1) is 0 Å². The largest absolute Gasteiger partial charge is 0.368 e. The molecular formula is C18H24N4O3S. The highest BCUT2D eigenvalue weighted by molar-refractivity contribution is 7.89. The second-order valence-electron chi connectivity index (χ2n) is 6.15. The number of rotatable bonds is 7. The molecular weight excluding hydrogens is 352 g/mol. The predicted octanol–water partition coefficient (Wildman–Crippen LogP) is 2.79. The Balaban J connectivity index is 2.06. The van der Waals surface area contributed by atoms with Crippen molar-refractivity contribution in [1.82, 2.24) is 9.29 Å². The monoisotopic (exact) mass is 376 g/mol. The van der Waals surface area contributed by atoms with Gasteiger partial charge in [0.1, 0.15) is 5.82 Å². The van der Waals surface area contributed by atoms with Crippen molar-refractivity contribution < 1.29 is 13.2 Å². The van der Waals surface area contributed by atoms with E-state index in [1.807, 2.05) is 0 Å². The summed E-state index contributed by atoms with van der Waals surface area (Å²) in [4.78, 5) is 16.7. The predicted molar refractivity (Wildman–Crippen MR) is 103 cm³/mol. The van der Waals surface area contributed by atoms with Crippen LogP contribution in [0.1, 0.15) is 30.6 Å². The summed E-state index contributed by atoms with van der Waals surface area (Å²) in [5.41, 5.74) is 0.930. The van der Waals surface area contributed by atoms with Gasteiger partial charge in [0.25, 0.3) is 5.91 Å². The Kier molecular flexibility index (Phi) is 6.33. The maximum atomic E-state index is 12.3. The minimum Gasteiger partial charge on any atom is -0.368 e.